The third-order valence-corrected chi connectivity index (χ3v) is 3.39. The van der Waals surface area contributed by atoms with Crippen molar-refractivity contribution in [2.45, 2.75) is 26.3 Å². The molecule has 1 aliphatic heterocycles. The van der Waals surface area contributed by atoms with E-state index < -0.39 is 0 Å². The molecule has 1 heterocycles. The fourth-order valence-electron chi connectivity index (χ4n) is 2.19. The zero-order valence-electron chi connectivity index (χ0n) is 10.1. The molecule has 17 heavy (non-hydrogen) atoms. The second-order valence-corrected chi connectivity index (χ2v) is 4.54. The number of nitrogens with one attached hydrogen (secondary N) is 2. The lowest BCUT2D eigenvalue weighted by molar-refractivity contribution is -0.120. The smallest absolute Gasteiger partial charge is 0.229 e. The van der Waals surface area contributed by atoms with E-state index in [1.165, 1.54) is 6.07 Å². The van der Waals surface area contributed by atoms with Crippen LogP contribution in [0, 0.1) is 18.7 Å². The highest BCUT2D eigenvalue weighted by atomic mass is 19.1. The third kappa shape index (κ3) is 2.47. The number of halogens is 1. The molecular formula is C13H17FN2O. The van der Waals surface area contributed by atoms with Gasteiger partial charge in [-0.2, -0.15) is 0 Å². The van der Waals surface area contributed by atoms with E-state index in [1.54, 1.807) is 19.1 Å². The van der Waals surface area contributed by atoms with Crippen LogP contribution < -0.4 is 10.6 Å². The Labute approximate surface area is 100 Å². The first-order valence-electron chi connectivity index (χ1n) is 5.89. The summed E-state index contributed by atoms with van der Waals surface area (Å²) in [6.45, 7) is 4.53. The molecule has 1 amide bonds. The highest BCUT2D eigenvalue weighted by Gasteiger charge is 2.29. The van der Waals surface area contributed by atoms with Gasteiger partial charge < -0.3 is 10.6 Å². The zero-order valence-corrected chi connectivity index (χ0v) is 10.1. The number of anilines is 1. The first-order valence-corrected chi connectivity index (χ1v) is 5.89. The lowest BCUT2D eigenvalue weighted by atomic mass is 10.0. The second kappa shape index (κ2) is 4.84. The summed E-state index contributed by atoms with van der Waals surface area (Å²) < 4.78 is 13.3. The van der Waals surface area contributed by atoms with Crippen molar-refractivity contribution in [1.82, 2.24) is 5.32 Å². The van der Waals surface area contributed by atoms with Gasteiger partial charge in [0.05, 0.1) is 5.92 Å². The Morgan fingerprint density at radius 1 is 1.53 bits per heavy atom. The van der Waals surface area contributed by atoms with E-state index in [4.69, 9.17) is 0 Å². The number of carbonyl (C=O) groups is 1. The van der Waals surface area contributed by atoms with E-state index in [0.717, 1.165) is 13.0 Å². The quantitative estimate of drug-likeness (QED) is 0.825. The normalized spacial score (nSPS) is 23.7. The van der Waals surface area contributed by atoms with E-state index in [1.807, 2.05) is 6.92 Å². The Hall–Kier alpha value is -1.42. The maximum absolute atomic E-state index is 13.3. The molecule has 1 aromatic rings. The molecule has 1 saturated heterocycles. The van der Waals surface area contributed by atoms with Crippen LogP contribution in [0.4, 0.5) is 10.1 Å². The topological polar surface area (TPSA) is 41.1 Å². The molecule has 0 aliphatic carbocycles. The van der Waals surface area contributed by atoms with Crippen LogP contribution in [0.25, 0.3) is 0 Å². The van der Waals surface area contributed by atoms with Gasteiger partial charge in [0.15, 0.2) is 0 Å². The van der Waals surface area contributed by atoms with E-state index in [9.17, 15) is 9.18 Å². The summed E-state index contributed by atoms with van der Waals surface area (Å²) in [5.74, 6) is -0.353. The second-order valence-electron chi connectivity index (χ2n) is 4.54. The van der Waals surface area contributed by atoms with Crippen LogP contribution >= 0.6 is 0 Å². The Kier molecular flexibility index (Phi) is 3.43. The summed E-state index contributed by atoms with van der Waals surface area (Å²) in [4.78, 5) is 12.0. The average molecular weight is 236 g/mol. The average Bonchev–Trinajstić information content (AvgIpc) is 2.71. The number of carbonyl (C=O) groups excluding carboxylic acids is 1. The third-order valence-electron chi connectivity index (χ3n) is 3.39. The highest BCUT2D eigenvalue weighted by molar-refractivity contribution is 5.93. The molecule has 92 valence electrons. The first kappa shape index (κ1) is 12.0. The van der Waals surface area contributed by atoms with Crippen molar-refractivity contribution in [2.75, 3.05) is 11.9 Å². The van der Waals surface area contributed by atoms with Crippen molar-refractivity contribution in [3.8, 4) is 0 Å². The summed E-state index contributed by atoms with van der Waals surface area (Å²) in [5.41, 5.74) is 1.05. The molecule has 3 nitrogen and oxygen atoms in total. The van der Waals surface area contributed by atoms with Gasteiger partial charge in [-0.3, -0.25) is 4.79 Å². The summed E-state index contributed by atoms with van der Waals surface area (Å²) >= 11 is 0. The molecule has 1 aliphatic rings. The van der Waals surface area contributed by atoms with Gasteiger partial charge in [0, 0.05) is 17.3 Å². The molecule has 1 aromatic carbocycles. The van der Waals surface area contributed by atoms with Gasteiger partial charge in [0.25, 0.3) is 0 Å². The molecule has 2 N–H and O–H groups in total. The molecule has 2 rings (SSSR count). The predicted molar refractivity (Wildman–Crippen MR) is 65.3 cm³/mol. The lowest BCUT2D eigenvalue weighted by Crippen LogP contribution is -2.32. The number of benzene rings is 1. The number of rotatable bonds is 2. The maximum Gasteiger partial charge on any atom is 0.229 e. The molecule has 0 radical (unpaired) electrons. The first-order chi connectivity index (χ1) is 8.09. The summed E-state index contributed by atoms with van der Waals surface area (Å²) in [6, 6.07) is 4.91. The van der Waals surface area contributed by atoms with Gasteiger partial charge >= 0.3 is 0 Å². The van der Waals surface area contributed by atoms with Crippen molar-refractivity contribution in [2.24, 2.45) is 5.92 Å². The van der Waals surface area contributed by atoms with Gasteiger partial charge in [-0.1, -0.05) is 6.07 Å². The van der Waals surface area contributed by atoms with Crippen LogP contribution in [-0.4, -0.2) is 18.5 Å². The van der Waals surface area contributed by atoms with E-state index >= 15 is 0 Å². The van der Waals surface area contributed by atoms with Crippen molar-refractivity contribution >= 4 is 11.6 Å². The van der Waals surface area contributed by atoms with Gasteiger partial charge in [-0.05, 0) is 38.9 Å². The molecule has 0 spiro atoms. The fraction of sp³-hybridized carbons (Fsp3) is 0.462. The number of amides is 1. The molecule has 0 saturated carbocycles. The predicted octanol–water partition coefficient (Wildman–Crippen LogP) is 2.07. The minimum atomic E-state index is -0.291. The molecule has 1 fully saturated rings. The highest BCUT2D eigenvalue weighted by Crippen LogP contribution is 2.21. The van der Waals surface area contributed by atoms with Crippen LogP contribution in [0.2, 0.25) is 0 Å². The summed E-state index contributed by atoms with van der Waals surface area (Å²) in [6.07, 6.45) is 0.835. The Bertz CT molecular complexity index is 433. The molecule has 0 bridgehead atoms. The molecule has 0 aromatic heterocycles. The summed E-state index contributed by atoms with van der Waals surface area (Å²) in [7, 11) is 0. The minimum Gasteiger partial charge on any atom is -0.325 e. The van der Waals surface area contributed by atoms with E-state index in [2.05, 4.69) is 10.6 Å². The van der Waals surface area contributed by atoms with Crippen LogP contribution in [0.5, 0.6) is 0 Å². The molecule has 2 atom stereocenters. The minimum absolute atomic E-state index is 0.0299. The monoisotopic (exact) mass is 236 g/mol. The largest absolute Gasteiger partial charge is 0.325 e. The maximum atomic E-state index is 13.3. The molecule has 4 heteroatoms. The van der Waals surface area contributed by atoms with Crippen molar-refractivity contribution < 1.29 is 9.18 Å². The van der Waals surface area contributed by atoms with Crippen molar-refractivity contribution in [3.63, 3.8) is 0 Å². The van der Waals surface area contributed by atoms with Crippen molar-refractivity contribution in [1.29, 1.82) is 0 Å². The Morgan fingerprint density at radius 2 is 2.29 bits per heavy atom. The Morgan fingerprint density at radius 3 is 2.94 bits per heavy atom. The van der Waals surface area contributed by atoms with Crippen LogP contribution in [-0.2, 0) is 4.79 Å². The van der Waals surface area contributed by atoms with Crippen molar-refractivity contribution in [3.05, 3.63) is 29.6 Å². The van der Waals surface area contributed by atoms with Crippen LogP contribution in [0.15, 0.2) is 18.2 Å². The Balaban J connectivity index is 2.10. The fourth-order valence-corrected chi connectivity index (χ4v) is 2.19. The van der Waals surface area contributed by atoms with Gasteiger partial charge in [0.2, 0.25) is 5.91 Å². The molecular weight excluding hydrogens is 219 g/mol. The molecule has 2 unspecified atom stereocenters. The van der Waals surface area contributed by atoms with Gasteiger partial charge in [-0.25, -0.2) is 4.39 Å². The zero-order chi connectivity index (χ0) is 12.4. The van der Waals surface area contributed by atoms with E-state index in [0.29, 0.717) is 11.3 Å². The van der Waals surface area contributed by atoms with Gasteiger partial charge in [0.1, 0.15) is 5.82 Å². The van der Waals surface area contributed by atoms with E-state index in [-0.39, 0.29) is 23.7 Å². The SMILES string of the molecule is Cc1c(F)cccc1NC(=O)C1CCNC1C. The van der Waals surface area contributed by atoms with Crippen LogP contribution in [0.3, 0.4) is 0 Å². The lowest BCUT2D eigenvalue weighted by Gasteiger charge is -2.16. The number of hydrogen-bond acceptors (Lipinski definition) is 2. The van der Waals surface area contributed by atoms with Crippen LogP contribution in [0.1, 0.15) is 18.9 Å². The number of hydrogen-bond donors (Lipinski definition) is 2. The standard InChI is InChI=1S/C13H17FN2O/c1-8-11(14)4-3-5-12(8)16-13(17)10-6-7-15-9(10)2/h3-5,9-10,15H,6-7H2,1-2H3,(H,16,17). The van der Waals surface area contributed by atoms with Gasteiger partial charge in [-0.15, -0.1) is 0 Å². The summed E-state index contributed by atoms with van der Waals surface area (Å²) in [5, 5.41) is 6.03.